The monoisotopic (exact) mass is 299 g/mol. The molecule has 108 valence electrons. The largest absolute Gasteiger partial charge is 0.264 e. The molecule has 2 rings (SSSR count). The first-order valence-corrected chi connectivity index (χ1v) is 8.07. The lowest BCUT2D eigenvalue weighted by Gasteiger charge is -2.29. The molecule has 0 amide bonds. The Balaban J connectivity index is 2.63. The molecule has 0 saturated carbocycles. The molecule has 0 atom stereocenters. The number of rotatable bonds is 4. The Hall–Kier alpha value is -2.25. The number of nitrogens with zero attached hydrogens (tertiary/aromatic N) is 1. The van der Waals surface area contributed by atoms with Crippen molar-refractivity contribution in [2.75, 3.05) is 4.31 Å². The van der Waals surface area contributed by atoms with Crippen molar-refractivity contribution in [2.24, 2.45) is 0 Å². The van der Waals surface area contributed by atoms with E-state index in [0.29, 0.717) is 11.3 Å². The van der Waals surface area contributed by atoms with E-state index in [-0.39, 0.29) is 10.9 Å². The smallest absolute Gasteiger partial charge is 0.263 e. The van der Waals surface area contributed by atoms with Crippen LogP contribution in [-0.2, 0) is 10.0 Å². The SMILES string of the molecule is C#Cc1ccccc1N(C(C)C)S(=O)(=O)c1ccccc1. The zero-order chi connectivity index (χ0) is 15.5. The first-order valence-electron chi connectivity index (χ1n) is 6.63. The van der Waals surface area contributed by atoms with Gasteiger partial charge in [-0.3, -0.25) is 4.31 Å². The van der Waals surface area contributed by atoms with Crippen molar-refractivity contribution in [3.63, 3.8) is 0 Å². The fraction of sp³-hybridized carbons (Fsp3) is 0.176. The maximum atomic E-state index is 12.9. The highest BCUT2D eigenvalue weighted by Crippen LogP contribution is 2.28. The van der Waals surface area contributed by atoms with Crippen LogP contribution in [0.2, 0.25) is 0 Å². The van der Waals surface area contributed by atoms with Crippen LogP contribution in [0.5, 0.6) is 0 Å². The summed E-state index contributed by atoms with van der Waals surface area (Å²) in [5.74, 6) is 2.55. The number of benzene rings is 2. The van der Waals surface area contributed by atoms with Gasteiger partial charge in [0.1, 0.15) is 0 Å². The minimum Gasteiger partial charge on any atom is -0.263 e. The van der Waals surface area contributed by atoms with Gasteiger partial charge in [0.15, 0.2) is 0 Å². The average Bonchev–Trinajstić information content (AvgIpc) is 2.48. The number of para-hydroxylation sites is 1. The Bertz CT molecular complexity index is 759. The van der Waals surface area contributed by atoms with E-state index in [1.165, 1.54) is 4.31 Å². The summed E-state index contributed by atoms with van der Waals surface area (Å²) < 4.78 is 27.2. The summed E-state index contributed by atoms with van der Waals surface area (Å²) in [5.41, 5.74) is 1.09. The van der Waals surface area contributed by atoms with E-state index >= 15 is 0 Å². The van der Waals surface area contributed by atoms with Gasteiger partial charge in [0.2, 0.25) is 0 Å². The maximum Gasteiger partial charge on any atom is 0.264 e. The predicted molar refractivity (Wildman–Crippen MR) is 85.6 cm³/mol. The standard InChI is InChI=1S/C17H17NO2S/c1-4-15-10-8-9-13-17(15)18(14(2)3)21(19,20)16-11-6-5-7-12-16/h1,5-14H,2-3H3. The summed E-state index contributed by atoms with van der Waals surface area (Å²) in [6.45, 7) is 3.65. The molecular formula is C17H17NO2S. The molecule has 0 fully saturated rings. The lowest BCUT2D eigenvalue weighted by Crippen LogP contribution is -2.37. The van der Waals surface area contributed by atoms with Gasteiger partial charge < -0.3 is 0 Å². The summed E-state index contributed by atoms with van der Waals surface area (Å²) in [4.78, 5) is 0.255. The summed E-state index contributed by atoms with van der Waals surface area (Å²) in [7, 11) is -3.65. The molecule has 0 heterocycles. The number of terminal acetylenes is 1. The first kappa shape index (κ1) is 15.1. The molecule has 0 radical (unpaired) electrons. The van der Waals surface area contributed by atoms with Crippen molar-refractivity contribution in [2.45, 2.75) is 24.8 Å². The van der Waals surface area contributed by atoms with Gasteiger partial charge in [-0.15, -0.1) is 6.42 Å². The van der Waals surface area contributed by atoms with Crippen LogP contribution < -0.4 is 4.31 Å². The molecule has 2 aromatic carbocycles. The van der Waals surface area contributed by atoms with Crippen LogP contribution in [0.4, 0.5) is 5.69 Å². The van der Waals surface area contributed by atoms with E-state index in [1.807, 2.05) is 13.8 Å². The molecule has 0 aliphatic rings. The summed E-state index contributed by atoms with van der Waals surface area (Å²) >= 11 is 0. The predicted octanol–water partition coefficient (Wildman–Crippen LogP) is 3.27. The van der Waals surface area contributed by atoms with E-state index in [1.54, 1.807) is 54.6 Å². The van der Waals surface area contributed by atoms with Gasteiger partial charge in [0, 0.05) is 11.6 Å². The summed E-state index contributed by atoms with van der Waals surface area (Å²) in [6, 6.07) is 15.2. The van der Waals surface area contributed by atoms with Crippen molar-refractivity contribution >= 4 is 15.7 Å². The van der Waals surface area contributed by atoms with Gasteiger partial charge in [-0.2, -0.15) is 0 Å². The van der Waals surface area contributed by atoms with E-state index in [9.17, 15) is 8.42 Å². The van der Waals surface area contributed by atoms with Gasteiger partial charge in [-0.25, -0.2) is 8.42 Å². The second kappa shape index (κ2) is 6.02. The normalized spacial score (nSPS) is 11.1. The van der Waals surface area contributed by atoms with E-state index in [4.69, 9.17) is 6.42 Å². The van der Waals surface area contributed by atoms with E-state index < -0.39 is 10.0 Å². The second-order valence-electron chi connectivity index (χ2n) is 4.87. The highest BCUT2D eigenvalue weighted by Gasteiger charge is 2.28. The van der Waals surface area contributed by atoms with Crippen molar-refractivity contribution in [3.8, 4) is 12.3 Å². The summed E-state index contributed by atoms with van der Waals surface area (Å²) in [6.07, 6.45) is 5.50. The Morgan fingerprint density at radius 3 is 2.14 bits per heavy atom. The summed E-state index contributed by atoms with van der Waals surface area (Å²) in [5, 5.41) is 0. The minimum atomic E-state index is -3.65. The molecule has 2 aromatic rings. The molecule has 0 spiro atoms. The molecule has 0 aliphatic carbocycles. The van der Waals surface area contributed by atoms with Gasteiger partial charge >= 0.3 is 0 Å². The van der Waals surface area contributed by atoms with Crippen molar-refractivity contribution in [1.29, 1.82) is 0 Å². The van der Waals surface area contributed by atoms with Crippen molar-refractivity contribution < 1.29 is 8.42 Å². The number of anilines is 1. The Morgan fingerprint density at radius 1 is 1.00 bits per heavy atom. The average molecular weight is 299 g/mol. The van der Waals surface area contributed by atoms with Gasteiger partial charge in [0.05, 0.1) is 10.6 Å². The molecule has 3 nitrogen and oxygen atoms in total. The lowest BCUT2D eigenvalue weighted by molar-refractivity contribution is 0.584. The Kier molecular flexibility index (Phi) is 4.35. The Morgan fingerprint density at radius 2 is 1.57 bits per heavy atom. The fourth-order valence-corrected chi connectivity index (χ4v) is 3.88. The zero-order valence-corrected chi connectivity index (χ0v) is 12.8. The molecule has 0 aliphatic heterocycles. The van der Waals surface area contributed by atoms with Gasteiger partial charge in [-0.1, -0.05) is 36.3 Å². The second-order valence-corrected chi connectivity index (χ2v) is 6.68. The molecule has 0 unspecified atom stereocenters. The topological polar surface area (TPSA) is 37.4 Å². The van der Waals surface area contributed by atoms with Crippen LogP contribution in [-0.4, -0.2) is 14.5 Å². The lowest BCUT2D eigenvalue weighted by atomic mass is 10.2. The molecule has 0 N–H and O–H groups in total. The van der Waals surface area contributed by atoms with Crippen LogP contribution in [0.25, 0.3) is 0 Å². The Labute approximate surface area is 126 Å². The van der Waals surface area contributed by atoms with Crippen molar-refractivity contribution in [1.82, 2.24) is 0 Å². The van der Waals surface area contributed by atoms with E-state index in [2.05, 4.69) is 5.92 Å². The molecular weight excluding hydrogens is 282 g/mol. The first-order chi connectivity index (χ1) is 9.98. The number of sulfonamides is 1. The fourth-order valence-electron chi connectivity index (χ4n) is 2.18. The molecule has 0 saturated heterocycles. The van der Waals surface area contributed by atoms with E-state index in [0.717, 1.165) is 0 Å². The molecule has 21 heavy (non-hydrogen) atoms. The van der Waals surface area contributed by atoms with Crippen LogP contribution in [0.1, 0.15) is 19.4 Å². The van der Waals surface area contributed by atoms with Crippen LogP contribution in [0.15, 0.2) is 59.5 Å². The molecule has 4 heteroatoms. The highest BCUT2D eigenvalue weighted by atomic mass is 32.2. The van der Waals surface area contributed by atoms with Crippen LogP contribution >= 0.6 is 0 Å². The molecule has 0 aromatic heterocycles. The third-order valence-corrected chi connectivity index (χ3v) is 5.07. The minimum absolute atomic E-state index is 0.246. The number of hydrogen-bond donors (Lipinski definition) is 0. The van der Waals surface area contributed by atoms with Gasteiger partial charge in [0.25, 0.3) is 10.0 Å². The third kappa shape index (κ3) is 2.93. The highest BCUT2D eigenvalue weighted by molar-refractivity contribution is 7.92. The van der Waals surface area contributed by atoms with Crippen LogP contribution in [0, 0.1) is 12.3 Å². The van der Waals surface area contributed by atoms with Crippen molar-refractivity contribution in [3.05, 3.63) is 60.2 Å². The van der Waals surface area contributed by atoms with Crippen LogP contribution in [0.3, 0.4) is 0 Å². The quantitative estimate of drug-likeness (QED) is 0.813. The maximum absolute atomic E-state index is 12.9. The number of hydrogen-bond acceptors (Lipinski definition) is 2. The molecule has 0 bridgehead atoms. The third-order valence-electron chi connectivity index (χ3n) is 3.07. The van der Waals surface area contributed by atoms with Gasteiger partial charge in [-0.05, 0) is 38.1 Å². The zero-order valence-electron chi connectivity index (χ0n) is 12.0.